The molecule has 2 N–H and O–H groups in total. The standard InChI is InChI=1S/C21H31N3O3/c1-20(12-17(20)16-8-5-4-6-9-16)14-22-19(26)24-11-7-10-21(27,15-24)13-18(25)23(2)3/h4-6,8-9,17,27H,7,10-15H2,1-3H3,(H,22,26)/t17-,20-,21?/m0/s1. The SMILES string of the molecule is CN(C)C(=O)CC1(O)CCCN(C(=O)NC[C@]2(C)C[C@H]2c2ccccc2)C1. The summed E-state index contributed by atoms with van der Waals surface area (Å²) in [5.41, 5.74) is 0.278. The Hall–Kier alpha value is -2.08. The summed E-state index contributed by atoms with van der Waals surface area (Å²) in [5, 5.41) is 13.8. The average Bonchev–Trinajstić information content (AvgIpc) is 3.32. The molecular weight excluding hydrogens is 342 g/mol. The predicted molar refractivity (Wildman–Crippen MR) is 104 cm³/mol. The number of urea groups is 1. The Morgan fingerprint density at radius 3 is 2.67 bits per heavy atom. The van der Waals surface area contributed by atoms with Gasteiger partial charge >= 0.3 is 6.03 Å². The normalized spacial score (nSPS) is 29.9. The Morgan fingerprint density at radius 1 is 1.30 bits per heavy atom. The maximum absolute atomic E-state index is 12.6. The zero-order valence-electron chi connectivity index (χ0n) is 16.6. The van der Waals surface area contributed by atoms with Gasteiger partial charge in [0.25, 0.3) is 0 Å². The van der Waals surface area contributed by atoms with Crippen LogP contribution in [-0.2, 0) is 4.79 Å². The molecule has 0 radical (unpaired) electrons. The lowest BCUT2D eigenvalue weighted by Crippen LogP contribution is -2.54. The van der Waals surface area contributed by atoms with Gasteiger partial charge < -0.3 is 20.2 Å². The fourth-order valence-corrected chi connectivity index (χ4v) is 4.07. The van der Waals surface area contributed by atoms with E-state index in [1.807, 2.05) is 6.07 Å². The summed E-state index contributed by atoms with van der Waals surface area (Å²) < 4.78 is 0. The van der Waals surface area contributed by atoms with Crippen LogP contribution in [0.2, 0.25) is 0 Å². The second-order valence-corrected chi connectivity index (χ2v) is 8.69. The smallest absolute Gasteiger partial charge is 0.317 e. The number of nitrogens with zero attached hydrogens (tertiary/aromatic N) is 2. The van der Waals surface area contributed by atoms with Gasteiger partial charge in [-0.25, -0.2) is 4.79 Å². The Bertz CT molecular complexity index is 693. The predicted octanol–water partition coefficient (Wildman–Crippen LogP) is 2.19. The molecule has 1 unspecified atom stereocenters. The molecule has 148 valence electrons. The van der Waals surface area contributed by atoms with E-state index in [9.17, 15) is 14.7 Å². The van der Waals surface area contributed by atoms with Crippen LogP contribution >= 0.6 is 0 Å². The molecule has 3 amide bonds. The van der Waals surface area contributed by atoms with Crippen molar-refractivity contribution < 1.29 is 14.7 Å². The highest BCUT2D eigenvalue weighted by Crippen LogP contribution is 2.58. The molecule has 1 aromatic rings. The first-order valence-corrected chi connectivity index (χ1v) is 9.73. The summed E-state index contributed by atoms with van der Waals surface area (Å²) in [6, 6.07) is 10.3. The molecule has 6 nitrogen and oxygen atoms in total. The summed E-state index contributed by atoms with van der Waals surface area (Å²) in [6.45, 7) is 3.64. The lowest BCUT2D eigenvalue weighted by molar-refractivity contribution is -0.135. The van der Waals surface area contributed by atoms with E-state index < -0.39 is 5.60 Å². The molecule has 1 aliphatic carbocycles. The number of hydrogen-bond donors (Lipinski definition) is 2. The Labute approximate surface area is 161 Å². The van der Waals surface area contributed by atoms with E-state index in [1.54, 1.807) is 19.0 Å². The second-order valence-electron chi connectivity index (χ2n) is 8.69. The molecule has 1 heterocycles. The maximum atomic E-state index is 12.6. The highest BCUT2D eigenvalue weighted by Gasteiger charge is 2.50. The molecule has 1 aliphatic heterocycles. The van der Waals surface area contributed by atoms with E-state index in [1.165, 1.54) is 10.5 Å². The van der Waals surface area contributed by atoms with Crippen LogP contribution in [0.5, 0.6) is 0 Å². The number of benzene rings is 1. The number of nitrogens with one attached hydrogen (secondary N) is 1. The van der Waals surface area contributed by atoms with Gasteiger partial charge in [0.1, 0.15) is 0 Å². The Morgan fingerprint density at radius 2 is 2.00 bits per heavy atom. The zero-order chi connectivity index (χ0) is 19.7. The largest absolute Gasteiger partial charge is 0.387 e. The minimum Gasteiger partial charge on any atom is -0.387 e. The fraction of sp³-hybridized carbons (Fsp3) is 0.619. The second kappa shape index (κ2) is 7.50. The molecule has 0 bridgehead atoms. The van der Waals surface area contributed by atoms with Gasteiger partial charge in [-0.1, -0.05) is 37.3 Å². The van der Waals surface area contributed by atoms with Gasteiger partial charge in [0.05, 0.1) is 18.6 Å². The van der Waals surface area contributed by atoms with Gasteiger partial charge in [0.2, 0.25) is 5.91 Å². The van der Waals surface area contributed by atoms with Crippen molar-refractivity contribution in [1.29, 1.82) is 0 Å². The number of piperidine rings is 1. The van der Waals surface area contributed by atoms with Crippen molar-refractivity contribution in [2.75, 3.05) is 33.7 Å². The van der Waals surface area contributed by atoms with Gasteiger partial charge in [-0.05, 0) is 36.2 Å². The van der Waals surface area contributed by atoms with Gasteiger partial charge in [0.15, 0.2) is 0 Å². The van der Waals surface area contributed by atoms with Crippen molar-refractivity contribution in [1.82, 2.24) is 15.1 Å². The molecule has 1 aromatic carbocycles. The molecule has 27 heavy (non-hydrogen) atoms. The van der Waals surface area contributed by atoms with Crippen LogP contribution in [0, 0.1) is 5.41 Å². The molecule has 1 saturated heterocycles. The minimum absolute atomic E-state index is 0.0532. The first kappa shape index (κ1) is 19.7. The summed E-state index contributed by atoms with van der Waals surface area (Å²) >= 11 is 0. The van der Waals surface area contributed by atoms with E-state index in [-0.39, 0.29) is 30.3 Å². The van der Waals surface area contributed by atoms with Gasteiger partial charge in [-0.2, -0.15) is 0 Å². The molecule has 3 atom stereocenters. The summed E-state index contributed by atoms with van der Waals surface area (Å²) in [7, 11) is 3.36. The quantitative estimate of drug-likeness (QED) is 0.831. The third-order valence-electron chi connectivity index (χ3n) is 6.02. The third kappa shape index (κ3) is 4.61. The summed E-state index contributed by atoms with van der Waals surface area (Å²) in [4.78, 5) is 27.7. The Balaban J connectivity index is 1.52. The highest BCUT2D eigenvalue weighted by molar-refractivity contribution is 5.77. The molecule has 3 rings (SSSR count). The van der Waals surface area contributed by atoms with Crippen molar-refractivity contribution in [2.24, 2.45) is 5.41 Å². The topological polar surface area (TPSA) is 72.9 Å². The molecular formula is C21H31N3O3. The number of β-amino-alcohol motifs (C(OH)–C–C–N with tert-alkyl or cyclic N) is 1. The number of aliphatic hydroxyl groups is 1. The molecule has 6 heteroatoms. The van der Waals surface area contributed by atoms with E-state index in [4.69, 9.17) is 0 Å². The zero-order valence-corrected chi connectivity index (χ0v) is 16.6. The summed E-state index contributed by atoms with van der Waals surface area (Å²) in [6.07, 6.45) is 2.37. The van der Waals surface area contributed by atoms with Crippen LogP contribution in [0.4, 0.5) is 4.79 Å². The summed E-state index contributed by atoms with van der Waals surface area (Å²) in [5.74, 6) is 0.367. The van der Waals surface area contributed by atoms with Gasteiger partial charge in [-0.15, -0.1) is 0 Å². The number of carbonyl (C=O) groups is 2. The van der Waals surface area contributed by atoms with Gasteiger partial charge in [-0.3, -0.25) is 4.79 Å². The van der Waals surface area contributed by atoms with Crippen LogP contribution in [0.15, 0.2) is 30.3 Å². The van der Waals surface area contributed by atoms with Crippen LogP contribution in [0.3, 0.4) is 0 Å². The van der Waals surface area contributed by atoms with E-state index in [2.05, 4.69) is 36.5 Å². The lowest BCUT2D eigenvalue weighted by atomic mass is 9.89. The van der Waals surface area contributed by atoms with Crippen molar-refractivity contribution in [3.63, 3.8) is 0 Å². The lowest BCUT2D eigenvalue weighted by Gasteiger charge is -2.39. The molecule has 2 fully saturated rings. The number of likely N-dealkylation sites (tertiary alicyclic amines) is 1. The minimum atomic E-state index is -1.13. The van der Waals surface area contributed by atoms with Gasteiger partial charge in [0, 0.05) is 27.2 Å². The molecule has 0 aromatic heterocycles. The molecule has 1 saturated carbocycles. The van der Waals surface area contributed by atoms with E-state index in [0.29, 0.717) is 31.8 Å². The molecule has 2 aliphatic rings. The van der Waals surface area contributed by atoms with Crippen molar-refractivity contribution >= 4 is 11.9 Å². The maximum Gasteiger partial charge on any atom is 0.317 e. The van der Waals surface area contributed by atoms with Crippen LogP contribution < -0.4 is 5.32 Å². The average molecular weight is 373 g/mol. The number of rotatable bonds is 5. The monoisotopic (exact) mass is 373 g/mol. The number of carbonyl (C=O) groups excluding carboxylic acids is 2. The van der Waals surface area contributed by atoms with Crippen LogP contribution in [-0.4, -0.2) is 66.2 Å². The first-order valence-electron chi connectivity index (χ1n) is 9.73. The van der Waals surface area contributed by atoms with E-state index in [0.717, 1.165) is 6.42 Å². The number of hydrogen-bond acceptors (Lipinski definition) is 3. The van der Waals surface area contributed by atoms with Crippen molar-refractivity contribution in [3.05, 3.63) is 35.9 Å². The highest BCUT2D eigenvalue weighted by atomic mass is 16.3. The van der Waals surface area contributed by atoms with Crippen molar-refractivity contribution in [3.8, 4) is 0 Å². The van der Waals surface area contributed by atoms with Crippen molar-refractivity contribution in [2.45, 2.75) is 44.1 Å². The Kier molecular flexibility index (Phi) is 5.47. The number of amides is 3. The first-order chi connectivity index (χ1) is 12.7. The van der Waals surface area contributed by atoms with E-state index >= 15 is 0 Å². The molecule has 0 spiro atoms. The van der Waals surface area contributed by atoms with Crippen LogP contribution in [0.25, 0.3) is 0 Å². The van der Waals surface area contributed by atoms with Crippen LogP contribution in [0.1, 0.15) is 44.1 Å². The third-order valence-corrected chi connectivity index (χ3v) is 6.02. The fourth-order valence-electron chi connectivity index (χ4n) is 4.07.